The summed E-state index contributed by atoms with van der Waals surface area (Å²) >= 11 is 1.06. The van der Waals surface area contributed by atoms with Crippen LogP contribution < -0.4 is 16.8 Å². The summed E-state index contributed by atoms with van der Waals surface area (Å²) in [5.41, 5.74) is 10.6. The molecule has 0 amide bonds. The maximum atomic E-state index is 8.27. The van der Waals surface area contributed by atoms with Gasteiger partial charge < -0.3 is 5.73 Å². The van der Waals surface area contributed by atoms with E-state index in [9.17, 15) is 0 Å². The number of hydrogen-bond donors (Lipinski definition) is 3. The second-order valence-electron chi connectivity index (χ2n) is 1.59. The summed E-state index contributed by atoms with van der Waals surface area (Å²) < 4.78 is 0. The van der Waals surface area contributed by atoms with Crippen molar-refractivity contribution in [2.75, 3.05) is 0 Å². The molecule has 0 fully saturated rings. The third-order valence-electron chi connectivity index (χ3n) is 0.843. The smallest absolute Gasteiger partial charge is 0.392 e. The average Bonchev–Trinajstić information content (AvgIpc) is 2.13. The average molecular weight is 144 g/mol. The molecule has 1 aliphatic rings. The molecule has 1 aliphatic heterocycles. The zero-order valence-corrected chi connectivity index (χ0v) is 5.35. The van der Waals surface area contributed by atoms with Gasteiger partial charge in [-0.05, 0) is 0 Å². The summed E-state index contributed by atoms with van der Waals surface area (Å²) in [5, 5.41) is 10.2. The molecule has 0 saturated heterocycles. The Kier molecular flexibility index (Phi) is 1.23. The van der Waals surface area contributed by atoms with Crippen LogP contribution in [0.3, 0.4) is 0 Å². The number of diazo groups is 1. The van der Waals surface area contributed by atoms with Crippen molar-refractivity contribution < 1.29 is 0 Å². The summed E-state index contributed by atoms with van der Waals surface area (Å²) in [6.07, 6.45) is 1.49. The van der Waals surface area contributed by atoms with Gasteiger partial charge in [-0.2, -0.15) is 0 Å². The molecule has 1 rings (SSSR count). The Hall–Kier alpha value is -0.930. The van der Waals surface area contributed by atoms with Crippen LogP contribution in [0.5, 0.6) is 0 Å². The zero-order valence-electron chi connectivity index (χ0n) is 4.53. The Morgan fingerprint density at radius 1 is 1.89 bits per heavy atom. The van der Waals surface area contributed by atoms with Crippen LogP contribution in [0.1, 0.15) is 0 Å². The predicted octanol–water partition coefficient (Wildman–Crippen LogP) is -0.497. The molecule has 5 nitrogen and oxygen atoms in total. The maximum absolute atomic E-state index is 8.27. The van der Waals surface area contributed by atoms with Gasteiger partial charge in [0, 0.05) is 18.0 Å². The van der Waals surface area contributed by atoms with Gasteiger partial charge in [-0.15, -0.1) is 0 Å². The van der Waals surface area contributed by atoms with Crippen LogP contribution in [0.25, 0.3) is 4.98 Å². The Morgan fingerprint density at radius 3 is 2.78 bits per heavy atom. The molecule has 9 heavy (non-hydrogen) atoms. The van der Waals surface area contributed by atoms with Crippen molar-refractivity contribution in [2.45, 2.75) is 5.12 Å². The fourth-order valence-electron chi connectivity index (χ4n) is 0.462. The van der Waals surface area contributed by atoms with Gasteiger partial charge in [0.1, 0.15) is 0 Å². The molecule has 6 heteroatoms. The van der Waals surface area contributed by atoms with E-state index in [1.165, 1.54) is 6.20 Å². The van der Waals surface area contributed by atoms with Gasteiger partial charge in [-0.3, -0.25) is 5.32 Å². The van der Waals surface area contributed by atoms with E-state index in [-0.39, 0.29) is 0 Å². The van der Waals surface area contributed by atoms with Crippen LogP contribution in [0.15, 0.2) is 11.2 Å². The molecule has 1 heterocycles. The number of nitrogens with two attached hydrogens (primary N) is 2. The summed E-state index contributed by atoms with van der Waals surface area (Å²) in [7, 11) is 0. The lowest BCUT2D eigenvalue weighted by atomic mass is 10.8. The van der Waals surface area contributed by atoms with Crippen molar-refractivity contribution in [2.24, 2.45) is 11.5 Å². The van der Waals surface area contributed by atoms with Crippen LogP contribution in [-0.2, 0) is 0 Å². The first-order valence-corrected chi connectivity index (χ1v) is 3.05. The molecule has 0 bridgehead atoms. The first-order chi connectivity index (χ1) is 4.16. The van der Waals surface area contributed by atoms with Crippen molar-refractivity contribution in [1.29, 1.82) is 5.39 Å². The highest BCUT2D eigenvalue weighted by Gasteiger charge is 2.44. The molecule has 0 radical (unpaired) electrons. The molecule has 48 valence electrons. The van der Waals surface area contributed by atoms with E-state index in [0.717, 1.165) is 11.8 Å². The Balaban J connectivity index is 2.67. The Bertz CT molecular complexity index is 193. The highest BCUT2D eigenvalue weighted by molar-refractivity contribution is 8.04. The largest absolute Gasteiger partial charge is 0.507 e. The summed E-state index contributed by atoms with van der Waals surface area (Å²) in [6, 6.07) is 0. The zero-order chi connectivity index (χ0) is 6.91. The van der Waals surface area contributed by atoms with Crippen LogP contribution in [-0.4, -0.2) is 5.12 Å². The van der Waals surface area contributed by atoms with Crippen LogP contribution in [0.4, 0.5) is 0 Å². The minimum Gasteiger partial charge on any atom is -0.392 e. The standard InChI is InChI=1S/C3H5N5S/c4-2-1-7-3(5,8-6)9-2/h1,4,6H,5H2/p+1. The molecule has 5 N–H and O–H groups in total. The molecule has 0 aromatic rings. The van der Waals surface area contributed by atoms with Crippen molar-refractivity contribution >= 4 is 11.8 Å². The number of rotatable bonds is 0. The maximum Gasteiger partial charge on any atom is 0.507 e. The molecule has 0 spiro atoms. The van der Waals surface area contributed by atoms with Crippen molar-refractivity contribution in [1.82, 2.24) is 5.32 Å². The normalized spacial score (nSPS) is 32.7. The van der Waals surface area contributed by atoms with Gasteiger partial charge in [-0.25, -0.2) is 5.73 Å². The molecule has 1 unspecified atom stereocenters. The minimum atomic E-state index is -1.16. The number of thioether (sulfide) groups is 1. The fraction of sp³-hybridized carbons (Fsp3) is 0.333. The predicted molar refractivity (Wildman–Crippen MR) is 35.0 cm³/mol. The molecule has 0 aliphatic carbocycles. The third-order valence-corrected chi connectivity index (χ3v) is 1.71. The molecule has 0 aromatic carbocycles. The van der Waals surface area contributed by atoms with E-state index in [0.29, 0.717) is 5.03 Å². The third kappa shape index (κ3) is 1.06. The van der Waals surface area contributed by atoms with E-state index < -0.39 is 5.12 Å². The SMILES string of the molecule is N#[N+]C1(N)NC=C(N)S1. The van der Waals surface area contributed by atoms with Crippen LogP contribution in [0.2, 0.25) is 0 Å². The second kappa shape index (κ2) is 1.79. The molecule has 0 aromatic heterocycles. The topological polar surface area (TPSA) is 92.2 Å². The van der Waals surface area contributed by atoms with Crippen LogP contribution >= 0.6 is 11.8 Å². The van der Waals surface area contributed by atoms with Crippen molar-refractivity contribution in [3.8, 4) is 0 Å². The monoisotopic (exact) mass is 144 g/mol. The molecule has 0 saturated carbocycles. The highest BCUT2D eigenvalue weighted by Crippen LogP contribution is 2.28. The van der Waals surface area contributed by atoms with E-state index in [2.05, 4.69) is 10.3 Å². The lowest BCUT2D eigenvalue weighted by Crippen LogP contribution is -2.41. The van der Waals surface area contributed by atoms with Gasteiger partial charge in [0.25, 0.3) is 0 Å². The lowest BCUT2D eigenvalue weighted by Gasteiger charge is -1.97. The minimum absolute atomic E-state index is 0.510. The van der Waals surface area contributed by atoms with Crippen molar-refractivity contribution in [3.05, 3.63) is 16.2 Å². The number of nitrogens with zero attached hydrogens (tertiary/aromatic N) is 2. The van der Waals surface area contributed by atoms with E-state index in [4.69, 9.17) is 16.9 Å². The highest BCUT2D eigenvalue weighted by atomic mass is 32.2. The quantitative estimate of drug-likeness (QED) is 0.399. The van der Waals surface area contributed by atoms with Gasteiger partial charge in [0.15, 0.2) is 4.98 Å². The van der Waals surface area contributed by atoms with E-state index in [1.54, 1.807) is 0 Å². The van der Waals surface area contributed by atoms with Crippen LogP contribution in [0, 0.1) is 5.39 Å². The van der Waals surface area contributed by atoms with E-state index in [1.807, 2.05) is 0 Å². The second-order valence-corrected chi connectivity index (χ2v) is 2.89. The Morgan fingerprint density at radius 2 is 2.56 bits per heavy atom. The lowest BCUT2D eigenvalue weighted by molar-refractivity contribution is 0.669. The van der Waals surface area contributed by atoms with E-state index >= 15 is 0 Å². The molecular weight excluding hydrogens is 138 g/mol. The summed E-state index contributed by atoms with van der Waals surface area (Å²) in [6.45, 7) is 0. The first-order valence-electron chi connectivity index (χ1n) is 2.24. The van der Waals surface area contributed by atoms with Gasteiger partial charge in [0.2, 0.25) is 5.39 Å². The first kappa shape index (κ1) is 6.19. The number of hydrogen-bond acceptors (Lipinski definition) is 5. The fourth-order valence-corrected chi connectivity index (χ4v) is 1.10. The van der Waals surface area contributed by atoms with Gasteiger partial charge >= 0.3 is 5.12 Å². The van der Waals surface area contributed by atoms with Crippen molar-refractivity contribution in [3.63, 3.8) is 0 Å². The molecular formula is C3H6N5S+. The Labute approximate surface area is 56.1 Å². The molecule has 1 atom stereocenters. The summed E-state index contributed by atoms with van der Waals surface area (Å²) in [5.74, 6) is 0. The number of nitrogens with one attached hydrogen (secondary N) is 1. The summed E-state index contributed by atoms with van der Waals surface area (Å²) in [4.78, 5) is 2.87. The van der Waals surface area contributed by atoms with Gasteiger partial charge in [-0.1, -0.05) is 0 Å². The van der Waals surface area contributed by atoms with Gasteiger partial charge in [0.05, 0.1) is 5.03 Å².